The Labute approximate surface area is 138 Å². The number of aromatic amines is 1. The van der Waals surface area contributed by atoms with Gasteiger partial charge in [-0.2, -0.15) is 9.78 Å². The first-order valence-electron chi connectivity index (χ1n) is 7.75. The number of rotatable bonds is 3. The normalized spacial score (nSPS) is 10.8. The molecular formula is C19H16N4O. The molecule has 2 heterocycles. The van der Waals surface area contributed by atoms with E-state index in [2.05, 4.69) is 15.4 Å². The number of hydrogen-bond acceptors (Lipinski definition) is 2. The molecule has 0 aliphatic heterocycles. The molecule has 0 spiro atoms. The zero-order valence-corrected chi connectivity index (χ0v) is 12.9. The molecule has 0 atom stereocenters. The Hall–Kier alpha value is -3.34. The minimum atomic E-state index is -0.252. The predicted octanol–water partition coefficient (Wildman–Crippen LogP) is 3.79. The van der Waals surface area contributed by atoms with Crippen LogP contribution in [-0.2, 0) is 6.54 Å². The summed E-state index contributed by atoms with van der Waals surface area (Å²) in [4.78, 5) is 15.8. The monoisotopic (exact) mass is 316 g/mol. The van der Waals surface area contributed by atoms with E-state index in [1.54, 1.807) is 6.20 Å². The lowest BCUT2D eigenvalue weighted by Crippen LogP contribution is -2.29. The van der Waals surface area contributed by atoms with Crippen molar-refractivity contribution in [3.8, 4) is 11.4 Å². The van der Waals surface area contributed by atoms with E-state index in [4.69, 9.17) is 0 Å². The van der Waals surface area contributed by atoms with Gasteiger partial charge in [0, 0.05) is 17.4 Å². The third kappa shape index (κ3) is 2.67. The van der Waals surface area contributed by atoms with Gasteiger partial charge in [0.05, 0.1) is 17.6 Å². The van der Waals surface area contributed by atoms with E-state index in [1.165, 1.54) is 4.68 Å². The fraction of sp³-hybridized carbons (Fsp3) is 0.0526. The second-order valence-corrected chi connectivity index (χ2v) is 5.54. The fourth-order valence-electron chi connectivity index (χ4n) is 2.73. The van der Waals surface area contributed by atoms with Gasteiger partial charge < -0.3 is 10.3 Å². The SMILES string of the molecule is O=C(NCc1ccccc1)n1nccc1-c1cc2ccccc2[nH]1. The van der Waals surface area contributed by atoms with Crippen molar-refractivity contribution < 1.29 is 4.79 Å². The van der Waals surface area contributed by atoms with E-state index in [9.17, 15) is 4.79 Å². The van der Waals surface area contributed by atoms with Crippen molar-refractivity contribution in [2.24, 2.45) is 0 Å². The molecule has 0 unspecified atom stereocenters. The van der Waals surface area contributed by atoms with Crippen LogP contribution in [0.15, 0.2) is 72.9 Å². The summed E-state index contributed by atoms with van der Waals surface area (Å²) < 4.78 is 1.38. The lowest BCUT2D eigenvalue weighted by atomic mass is 10.2. The third-order valence-electron chi connectivity index (χ3n) is 3.93. The minimum Gasteiger partial charge on any atom is -0.353 e. The van der Waals surface area contributed by atoms with Crippen LogP contribution in [0, 0.1) is 0 Å². The van der Waals surface area contributed by atoms with Crippen molar-refractivity contribution in [2.75, 3.05) is 0 Å². The van der Waals surface area contributed by atoms with E-state index in [0.29, 0.717) is 6.54 Å². The summed E-state index contributed by atoms with van der Waals surface area (Å²) in [5, 5.41) is 8.15. The Morgan fingerprint density at radius 3 is 2.67 bits per heavy atom. The van der Waals surface area contributed by atoms with Crippen LogP contribution in [0.4, 0.5) is 4.79 Å². The zero-order chi connectivity index (χ0) is 16.4. The Morgan fingerprint density at radius 1 is 1.04 bits per heavy atom. The summed E-state index contributed by atoms with van der Waals surface area (Å²) >= 11 is 0. The van der Waals surface area contributed by atoms with Crippen LogP contribution in [0.2, 0.25) is 0 Å². The van der Waals surface area contributed by atoms with Crippen molar-refractivity contribution in [2.45, 2.75) is 6.54 Å². The molecule has 0 bridgehead atoms. The highest BCUT2D eigenvalue weighted by molar-refractivity contribution is 5.87. The number of carbonyl (C=O) groups excluding carboxylic acids is 1. The first-order valence-corrected chi connectivity index (χ1v) is 7.75. The molecule has 5 nitrogen and oxygen atoms in total. The molecule has 0 fully saturated rings. The van der Waals surface area contributed by atoms with Gasteiger partial charge in [0.25, 0.3) is 0 Å². The molecule has 2 aromatic heterocycles. The number of H-pyrrole nitrogens is 1. The first-order chi connectivity index (χ1) is 11.8. The third-order valence-corrected chi connectivity index (χ3v) is 3.93. The van der Waals surface area contributed by atoms with E-state index < -0.39 is 0 Å². The summed E-state index contributed by atoms with van der Waals surface area (Å²) in [6, 6.07) is 21.4. The maximum Gasteiger partial charge on any atom is 0.342 e. The van der Waals surface area contributed by atoms with E-state index >= 15 is 0 Å². The van der Waals surface area contributed by atoms with Crippen LogP contribution in [0.1, 0.15) is 5.56 Å². The number of nitrogens with one attached hydrogen (secondary N) is 2. The molecule has 0 aliphatic rings. The highest BCUT2D eigenvalue weighted by Gasteiger charge is 2.14. The number of benzene rings is 2. The number of hydrogen-bond donors (Lipinski definition) is 2. The quantitative estimate of drug-likeness (QED) is 0.604. The largest absolute Gasteiger partial charge is 0.353 e. The van der Waals surface area contributed by atoms with Gasteiger partial charge in [-0.3, -0.25) is 0 Å². The van der Waals surface area contributed by atoms with E-state index in [-0.39, 0.29) is 6.03 Å². The first kappa shape index (κ1) is 14.3. The number of para-hydroxylation sites is 1. The number of nitrogens with zero attached hydrogens (tertiary/aromatic N) is 2. The molecule has 4 rings (SSSR count). The summed E-state index contributed by atoms with van der Waals surface area (Å²) in [5.41, 5.74) is 3.68. The van der Waals surface area contributed by atoms with Crippen molar-refractivity contribution >= 4 is 16.9 Å². The Kier molecular flexibility index (Phi) is 3.59. The van der Waals surface area contributed by atoms with Gasteiger partial charge in [0.15, 0.2) is 0 Å². The van der Waals surface area contributed by atoms with Crippen molar-refractivity contribution in [3.63, 3.8) is 0 Å². The van der Waals surface area contributed by atoms with Gasteiger partial charge in [0.2, 0.25) is 0 Å². The van der Waals surface area contributed by atoms with Crippen LogP contribution < -0.4 is 5.32 Å². The van der Waals surface area contributed by atoms with Crippen LogP contribution in [-0.4, -0.2) is 20.8 Å². The molecule has 1 amide bonds. The minimum absolute atomic E-state index is 0.252. The molecule has 0 radical (unpaired) electrons. The molecule has 2 aromatic carbocycles. The molecule has 5 heteroatoms. The lowest BCUT2D eigenvalue weighted by molar-refractivity contribution is 0.239. The second kappa shape index (κ2) is 6.04. The molecule has 24 heavy (non-hydrogen) atoms. The molecule has 2 N–H and O–H groups in total. The topological polar surface area (TPSA) is 62.7 Å². The van der Waals surface area contributed by atoms with Gasteiger partial charge >= 0.3 is 6.03 Å². The molecule has 4 aromatic rings. The highest BCUT2D eigenvalue weighted by Crippen LogP contribution is 2.23. The van der Waals surface area contributed by atoms with Crippen LogP contribution >= 0.6 is 0 Å². The van der Waals surface area contributed by atoms with Crippen LogP contribution in [0.3, 0.4) is 0 Å². The summed E-state index contributed by atoms with van der Waals surface area (Å²) in [5.74, 6) is 0. The average Bonchev–Trinajstić information content (AvgIpc) is 3.26. The Morgan fingerprint density at radius 2 is 1.83 bits per heavy atom. The van der Waals surface area contributed by atoms with Gasteiger partial charge in [-0.05, 0) is 23.8 Å². The van der Waals surface area contributed by atoms with Gasteiger partial charge in [-0.25, -0.2) is 4.79 Å². The number of aromatic nitrogens is 3. The molecule has 0 saturated heterocycles. The van der Waals surface area contributed by atoms with Gasteiger partial charge in [0.1, 0.15) is 0 Å². The maximum atomic E-state index is 12.5. The number of amides is 1. The van der Waals surface area contributed by atoms with E-state index in [1.807, 2.05) is 66.7 Å². The fourth-order valence-corrected chi connectivity index (χ4v) is 2.73. The van der Waals surface area contributed by atoms with Crippen molar-refractivity contribution in [1.29, 1.82) is 0 Å². The highest BCUT2D eigenvalue weighted by atomic mass is 16.2. The number of fused-ring (bicyclic) bond motifs is 1. The van der Waals surface area contributed by atoms with Crippen molar-refractivity contribution in [1.82, 2.24) is 20.1 Å². The second-order valence-electron chi connectivity index (χ2n) is 5.54. The number of carbonyl (C=O) groups is 1. The summed E-state index contributed by atoms with van der Waals surface area (Å²) in [6.07, 6.45) is 1.63. The summed E-state index contributed by atoms with van der Waals surface area (Å²) in [7, 11) is 0. The molecular weight excluding hydrogens is 300 g/mol. The smallest absolute Gasteiger partial charge is 0.342 e. The lowest BCUT2D eigenvalue weighted by Gasteiger charge is -2.07. The summed E-state index contributed by atoms with van der Waals surface area (Å²) in [6.45, 7) is 0.464. The Balaban J connectivity index is 1.58. The standard InChI is InChI=1S/C19H16N4O/c24-19(20-13-14-6-2-1-3-7-14)23-18(10-11-21-23)17-12-15-8-4-5-9-16(15)22-17/h1-12,22H,13H2,(H,20,24). The van der Waals surface area contributed by atoms with Crippen molar-refractivity contribution in [3.05, 3.63) is 78.5 Å². The van der Waals surface area contributed by atoms with Gasteiger partial charge in [-0.1, -0.05) is 48.5 Å². The predicted molar refractivity (Wildman–Crippen MR) is 93.6 cm³/mol. The molecule has 0 aliphatic carbocycles. The zero-order valence-electron chi connectivity index (χ0n) is 12.9. The molecule has 118 valence electrons. The Bertz CT molecular complexity index is 952. The van der Waals surface area contributed by atoms with Gasteiger partial charge in [-0.15, -0.1) is 0 Å². The molecule has 0 saturated carbocycles. The maximum absolute atomic E-state index is 12.5. The van der Waals surface area contributed by atoms with E-state index in [0.717, 1.165) is 27.9 Å². The van der Waals surface area contributed by atoms with Crippen LogP contribution in [0.5, 0.6) is 0 Å². The average molecular weight is 316 g/mol. The van der Waals surface area contributed by atoms with Crippen LogP contribution in [0.25, 0.3) is 22.3 Å².